The molecule has 2 N–H and O–H groups in total. The number of urea groups is 1. The van der Waals surface area contributed by atoms with Gasteiger partial charge in [0.2, 0.25) is 0 Å². The molecule has 2 aliphatic heterocycles. The van der Waals surface area contributed by atoms with E-state index in [0.717, 1.165) is 0 Å². The molecule has 13 heavy (non-hydrogen) atoms. The second-order valence-corrected chi connectivity index (χ2v) is 2.65. The molecule has 0 aromatic rings. The fourth-order valence-corrected chi connectivity index (χ4v) is 1.24. The van der Waals surface area contributed by atoms with Gasteiger partial charge in [-0.3, -0.25) is 10.1 Å². The predicted molar refractivity (Wildman–Crippen MR) is 39.3 cm³/mol. The molecular weight excluding hydrogens is 176 g/mol. The minimum absolute atomic E-state index is 0.0208. The Hall–Kier alpha value is -1.85. The van der Waals surface area contributed by atoms with Crippen LogP contribution in [0, 0.1) is 0 Å². The lowest BCUT2D eigenvalue weighted by Crippen LogP contribution is -2.22. The van der Waals surface area contributed by atoms with Crippen molar-refractivity contribution >= 4 is 17.9 Å². The lowest BCUT2D eigenvalue weighted by molar-refractivity contribution is -0.135. The van der Waals surface area contributed by atoms with Gasteiger partial charge in [-0.2, -0.15) is 0 Å². The summed E-state index contributed by atoms with van der Waals surface area (Å²) in [5, 5.41) is 4.26. The lowest BCUT2D eigenvalue weighted by Gasteiger charge is -1.95. The van der Waals surface area contributed by atoms with E-state index in [0.29, 0.717) is 6.42 Å². The summed E-state index contributed by atoms with van der Waals surface area (Å²) in [6.45, 7) is 0.265. The Morgan fingerprint density at radius 3 is 2.38 bits per heavy atom. The molecule has 6 nitrogen and oxygen atoms in total. The zero-order valence-corrected chi connectivity index (χ0v) is 6.55. The topological polar surface area (TPSA) is 84.5 Å². The van der Waals surface area contributed by atoms with Gasteiger partial charge in [0, 0.05) is 6.42 Å². The van der Waals surface area contributed by atoms with Gasteiger partial charge in [0.1, 0.15) is 5.70 Å². The van der Waals surface area contributed by atoms with E-state index in [2.05, 4.69) is 10.1 Å². The van der Waals surface area contributed by atoms with Crippen LogP contribution in [0.4, 0.5) is 4.79 Å². The van der Waals surface area contributed by atoms with E-state index in [1.165, 1.54) is 0 Å². The van der Waals surface area contributed by atoms with Crippen LogP contribution < -0.4 is 10.6 Å². The largest absolute Gasteiger partial charge is 0.462 e. The number of carbonyl (C=O) groups excluding carboxylic acids is 3. The highest BCUT2D eigenvalue weighted by Crippen LogP contribution is 2.17. The first-order chi connectivity index (χ1) is 6.18. The SMILES string of the molecule is O=C1NC(=O)/C(=C2\CCOC2=O)N1. The highest BCUT2D eigenvalue weighted by atomic mass is 16.5. The molecule has 0 aromatic carbocycles. The van der Waals surface area contributed by atoms with Crippen LogP contribution in [0.2, 0.25) is 0 Å². The third-order valence-electron chi connectivity index (χ3n) is 1.83. The Bertz CT molecular complexity index is 344. The van der Waals surface area contributed by atoms with E-state index in [-0.39, 0.29) is 17.9 Å². The predicted octanol–water partition coefficient (Wildman–Crippen LogP) is -0.973. The molecule has 2 saturated heterocycles. The molecule has 0 aliphatic carbocycles. The van der Waals surface area contributed by atoms with Crippen LogP contribution in [0.25, 0.3) is 0 Å². The molecule has 0 atom stereocenters. The number of carbonyl (C=O) groups is 3. The van der Waals surface area contributed by atoms with Crippen molar-refractivity contribution in [1.29, 1.82) is 0 Å². The van der Waals surface area contributed by atoms with Crippen molar-refractivity contribution in [3.05, 3.63) is 11.3 Å². The lowest BCUT2D eigenvalue weighted by atomic mass is 10.2. The molecule has 68 valence electrons. The zero-order valence-electron chi connectivity index (χ0n) is 6.55. The Labute approximate surface area is 72.9 Å². The second-order valence-electron chi connectivity index (χ2n) is 2.65. The highest BCUT2D eigenvalue weighted by molar-refractivity contribution is 6.15. The van der Waals surface area contributed by atoms with Crippen molar-refractivity contribution in [3.8, 4) is 0 Å². The first kappa shape index (κ1) is 7.78. The summed E-state index contributed by atoms with van der Waals surface area (Å²) in [6.07, 6.45) is 0.363. The van der Waals surface area contributed by atoms with Gasteiger partial charge in [0.25, 0.3) is 5.91 Å². The summed E-state index contributed by atoms with van der Waals surface area (Å²) in [5.74, 6) is -1.11. The van der Waals surface area contributed by atoms with Gasteiger partial charge in [-0.25, -0.2) is 9.59 Å². The fourth-order valence-electron chi connectivity index (χ4n) is 1.24. The summed E-state index contributed by atoms with van der Waals surface area (Å²) in [6, 6.07) is -0.604. The molecule has 6 heteroatoms. The maximum Gasteiger partial charge on any atom is 0.336 e. The molecule has 2 aliphatic rings. The van der Waals surface area contributed by atoms with Crippen molar-refractivity contribution in [2.75, 3.05) is 6.61 Å². The number of hydrogen-bond acceptors (Lipinski definition) is 4. The first-order valence-corrected chi connectivity index (χ1v) is 3.71. The molecule has 0 radical (unpaired) electrons. The Morgan fingerprint density at radius 1 is 1.15 bits per heavy atom. The highest BCUT2D eigenvalue weighted by Gasteiger charge is 2.32. The minimum atomic E-state index is -0.604. The van der Waals surface area contributed by atoms with Crippen molar-refractivity contribution in [2.45, 2.75) is 6.42 Å². The standard InChI is InChI=1S/C7H6N2O4/c10-5-4(8-7(12)9-5)3-1-2-13-6(3)11/h1-2H2,(H2,8,9,10,12)/b4-3-. The van der Waals surface area contributed by atoms with Crippen molar-refractivity contribution in [2.24, 2.45) is 0 Å². The van der Waals surface area contributed by atoms with E-state index in [1.807, 2.05) is 5.32 Å². The van der Waals surface area contributed by atoms with Crippen LogP contribution in [0.3, 0.4) is 0 Å². The molecule has 0 unspecified atom stereocenters. The van der Waals surface area contributed by atoms with Gasteiger partial charge in [-0.1, -0.05) is 0 Å². The molecule has 0 saturated carbocycles. The number of ether oxygens (including phenoxy) is 1. The molecule has 0 aromatic heterocycles. The number of esters is 1. The first-order valence-electron chi connectivity index (χ1n) is 3.71. The summed E-state index contributed by atoms with van der Waals surface area (Å²) in [5.41, 5.74) is 0.260. The van der Waals surface area contributed by atoms with Crippen LogP contribution in [-0.4, -0.2) is 24.5 Å². The Balaban J connectivity index is 2.38. The molecule has 0 spiro atoms. The number of amides is 3. The number of imide groups is 1. The summed E-state index contributed by atoms with van der Waals surface area (Å²) >= 11 is 0. The monoisotopic (exact) mass is 182 g/mol. The normalized spacial score (nSPS) is 27.2. The van der Waals surface area contributed by atoms with Crippen molar-refractivity contribution in [1.82, 2.24) is 10.6 Å². The zero-order chi connectivity index (χ0) is 9.42. The summed E-state index contributed by atoms with van der Waals surface area (Å²) < 4.78 is 4.63. The van der Waals surface area contributed by atoms with Gasteiger partial charge < -0.3 is 10.1 Å². The summed E-state index contributed by atoms with van der Waals surface area (Å²) in [4.78, 5) is 32.8. The van der Waals surface area contributed by atoms with Crippen LogP contribution in [0.5, 0.6) is 0 Å². The molecular formula is C7H6N2O4. The maximum absolute atomic E-state index is 11.1. The average molecular weight is 182 g/mol. The molecule has 3 amide bonds. The van der Waals surface area contributed by atoms with Crippen LogP contribution >= 0.6 is 0 Å². The molecule has 2 rings (SSSR count). The Kier molecular flexibility index (Phi) is 1.54. The smallest absolute Gasteiger partial charge is 0.336 e. The third-order valence-corrected chi connectivity index (χ3v) is 1.83. The maximum atomic E-state index is 11.1. The van der Waals surface area contributed by atoms with Crippen molar-refractivity contribution in [3.63, 3.8) is 0 Å². The van der Waals surface area contributed by atoms with E-state index in [4.69, 9.17) is 0 Å². The van der Waals surface area contributed by atoms with Gasteiger partial charge >= 0.3 is 12.0 Å². The van der Waals surface area contributed by atoms with E-state index in [9.17, 15) is 14.4 Å². The van der Waals surface area contributed by atoms with Gasteiger partial charge in [0.15, 0.2) is 0 Å². The Morgan fingerprint density at radius 2 is 1.92 bits per heavy atom. The van der Waals surface area contributed by atoms with Gasteiger partial charge in [-0.05, 0) is 0 Å². The second kappa shape index (κ2) is 2.58. The quantitative estimate of drug-likeness (QED) is 0.286. The van der Waals surface area contributed by atoms with Gasteiger partial charge in [-0.15, -0.1) is 0 Å². The minimum Gasteiger partial charge on any atom is -0.462 e. The van der Waals surface area contributed by atoms with Gasteiger partial charge in [0.05, 0.1) is 12.2 Å². The summed E-state index contributed by atoms with van der Waals surface area (Å²) in [7, 11) is 0. The number of rotatable bonds is 0. The fraction of sp³-hybridized carbons (Fsp3) is 0.286. The van der Waals surface area contributed by atoms with Crippen molar-refractivity contribution < 1.29 is 19.1 Å². The number of hydrogen-bond donors (Lipinski definition) is 2. The molecule has 0 bridgehead atoms. The molecule has 2 heterocycles. The number of nitrogens with one attached hydrogen (secondary N) is 2. The molecule has 2 fully saturated rings. The third kappa shape index (κ3) is 1.16. The van der Waals surface area contributed by atoms with Crippen LogP contribution in [0.1, 0.15) is 6.42 Å². The van der Waals surface area contributed by atoms with E-state index in [1.54, 1.807) is 0 Å². The van der Waals surface area contributed by atoms with Crippen LogP contribution in [-0.2, 0) is 14.3 Å². The van der Waals surface area contributed by atoms with Crippen LogP contribution in [0.15, 0.2) is 11.3 Å². The van der Waals surface area contributed by atoms with E-state index < -0.39 is 17.9 Å². The average Bonchev–Trinajstić information content (AvgIpc) is 2.58. The number of cyclic esters (lactones) is 1. The van der Waals surface area contributed by atoms with E-state index >= 15 is 0 Å².